The number of nitrogens with zero attached hydrogens (tertiary/aromatic N) is 2. The van der Waals surface area contributed by atoms with E-state index in [9.17, 15) is 13.2 Å². The molecular weight excluding hydrogens is 376 g/mol. The summed E-state index contributed by atoms with van der Waals surface area (Å²) in [6.45, 7) is 7.93. The molecule has 2 amide bonds. The van der Waals surface area contributed by atoms with Crippen LogP contribution in [0.5, 0.6) is 0 Å². The first-order valence-electron chi connectivity index (χ1n) is 9.76. The van der Waals surface area contributed by atoms with Gasteiger partial charge in [0.15, 0.2) is 0 Å². The monoisotopic (exact) mass is 404 g/mol. The van der Waals surface area contributed by atoms with Gasteiger partial charge in [0.05, 0.1) is 6.20 Å². The average molecular weight is 405 g/mol. The SMILES string of the molecule is C=C1CCCC/C=C2/CCC/C2=C/1NC(=O)NS(=O)(=O)c1cnn(C(C)C)c1. The molecule has 2 aliphatic carbocycles. The lowest BCUT2D eigenvalue weighted by atomic mass is 10.0. The minimum atomic E-state index is -4.00. The Bertz CT molecular complexity index is 938. The van der Waals surface area contributed by atoms with E-state index in [0.29, 0.717) is 5.70 Å². The molecule has 0 aromatic carbocycles. The van der Waals surface area contributed by atoms with E-state index in [1.807, 2.05) is 13.8 Å². The van der Waals surface area contributed by atoms with Gasteiger partial charge in [-0.05, 0) is 75.5 Å². The van der Waals surface area contributed by atoms with Crippen LogP contribution < -0.4 is 10.0 Å². The van der Waals surface area contributed by atoms with Crippen molar-refractivity contribution in [1.29, 1.82) is 0 Å². The minimum Gasteiger partial charge on any atom is -0.307 e. The normalized spacial score (nSPS) is 22.7. The molecule has 2 N–H and O–H groups in total. The third kappa shape index (κ3) is 4.55. The first-order valence-corrected chi connectivity index (χ1v) is 11.2. The number of hydrogen-bond donors (Lipinski definition) is 2. The summed E-state index contributed by atoms with van der Waals surface area (Å²) < 4.78 is 28.7. The second-order valence-corrected chi connectivity index (χ2v) is 9.28. The second kappa shape index (κ2) is 8.34. The Balaban J connectivity index is 1.80. The molecule has 3 rings (SSSR count). The van der Waals surface area contributed by atoms with Gasteiger partial charge in [-0.25, -0.2) is 17.9 Å². The number of fused-ring (bicyclic) bond motifs is 1. The first-order chi connectivity index (χ1) is 13.3. The Morgan fingerprint density at radius 3 is 2.71 bits per heavy atom. The fraction of sp³-hybridized carbons (Fsp3) is 0.500. The molecule has 7 nitrogen and oxygen atoms in total. The van der Waals surface area contributed by atoms with Gasteiger partial charge in [0, 0.05) is 17.9 Å². The highest BCUT2D eigenvalue weighted by Crippen LogP contribution is 2.36. The first kappa shape index (κ1) is 20.4. The fourth-order valence-corrected chi connectivity index (χ4v) is 4.45. The molecule has 1 saturated carbocycles. The summed E-state index contributed by atoms with van der Waals surface area (Å²) in [6.07, 6.45) is 11.7. The lowest BCUT2D eigenvalue weighted by Gasteiger charge is -2.16. The molecule has 0 bridgehead atoms. The molecule has 0 spiro atoms. The van der Waals surface area contributed by atoms with Gasteiger partial charge in [0.2, 0.25) is 0 Å². The molecule has 2 aliphatic rings. The summed E-state index contributed by atoms with van der Waals surface area (Å²) in [4.78, 5) is 12.5. The largest absolute Gasteiger partial charge is 0.333 e. The molecule has 0 radical (unpaired) electrons. The zero-order valence-electron chi connectivity index (χ0n) is 16.5. The maximum atomic E-state index is 12.5. The van der Waals surface area contributed by atoms with Gasteiger partial charge in [-0.15, -0.1) is 0 Å². The van der Waals surface area contributed by atoms with E-state index in [4.69, 9.17) is 0 Å². The van der Waals surface area contributed by atoms with Crippen LogP contribution in [0.3, 0.4) is 0 Å². The predicted octanol–water partition coefficient (Wildman–Crippen LogP) is 3.95. The van der Waals surface area contributed by atoms with Crippen molar-refractivity contribution < 1.29 is 13.2 Å². The molecular formula is C20H28N4O3S. The summed E-state index contributed by atoms with van der Waals surface area (Å²) in [5.41, 5.74) is 3.87. The van der Waals surface area contributed by atoms with Crippen LogP contribution in [0.25, 0.3) is 0 Å². The number of carbonyl (C=O) groups is 1. The number of carbonyl (C=O) groups excluding carboxylic acids is 1. The van der Waals surface area contributed by atoms with Crippen molar-refractivity contribution in [1.82, 2.24) is 19.8 Å². The highest BCUT2D eigenvalue weighted by Gasteiger charge is 2.25. The number of sulfonamides is 1. The third-order valence-electron chi connectivity index (χ3n) is 5.12. The Morgan fingerprint density at radius 1 is 1.21 bits per heavy atom. The van der Waals surface area contributed by atoms with Crippen LogP contribution in [-0.2, 0) is 10.0 Å². The summed E-state index contributed by atoms with van der Waals surface area (Å²) in [5, 5.41) is 6.80. The van der Waals surface area contributed by atoms with Gasteiger partial charge in [0.1, 0.15) is 4.90 Å². The summed E-state index contributed by atoms with van der Waals surface area (Å²) in [7, 11) is -4.00. The zero-order chi connectivity index (χ0) is 20.3. The van der Waals surface area contributed by atoms with Crippen molar-refractivity contribution in [2.24, 2.45) is 0 Å². The lowest BCUT2D eigenvalue weighted by Crippen LogP contribution is -2.39. The van der Waals surface area contributed by atoms with Gasteiger partial charge in [0.25, 0.3) is 10.0 Å². The summed E-state index contributed by atoms with van der Waals surface area (Å²) >= 11 is 0. The topological polar surface area (TPSA) is 93.1 Å². The Kier molecular flexibility index (Phi) is 6.07. The average Bonchev–Trinajstić information content (AvgIpc) is 3.28. The molecule has 152 valence electrons. The van der Waals surface area contributed by atoms with E-state index in [-0.39, 0.29) is 10.9 Å². The van der Waals surface area contributed by atoms with E-state index in [0.717, 1.165) is 56.1 Å². The number of nitrogens with one attached hydrogen (secondary N) is 2. The van der Waals surface area contributed by atoms with Crippen molar-refractivity contribution in [3.8, 4) is 0 Å². The number of aromatic nitrogens is 2. The summed E-state index contributed by atoms with van der Waals surface area (Å²) in [5.74, 6) is 0. The van der Waals surface area contributed by atoms with E-state index >= 15 is 0 Å². The Labute approximate surface area is 166 Å². The number of hydrogen-bond acceptors (Lipinski definition) is 4. The number of amides is 2. The van der Waals surface area contributed by atoms with Crippen molar-refractivity contribution in [3.05, 3.63) is 47.5 Å². The lowest BCUT2D eigenvalue weighted by molar-refractivity contribution is 0.248. The standard InChI is InChI=1S/C20H28N4O3S/c1-14(2)24-13-17(12-21-24)28(26,27)23-20(25)22-19-15(3)8-5-4-6-9-16-10-7-11-18(16)19/h9,12-14H,3-8,10-11H2,1-2H3,(H2,22,23,25)/b16-9-,19-18+. The Hall–Kier alpha value is -2.35. The van der Waals surface area contributed by atoms with E-state index < -0.39 is 16.1 Å². The number of rotatable bonds is 4. The van der Waals surface area contributed by atoms with Crippen molar-refractivity contribution >= 4 is 16.1 Å². The van der Waals surface area contributed by atoms with Crippen LogP contribution >= 0.6 is 0 Å². The maximum Gasteiger partial charge on any atom is 0.333 e. The zero-order valence-corrected chi connectivity index (χ0v) is 17.3. The molecule has 28 heavy (non-hydrogen) atoms. The second-order valence-electron chi connectivity index (χ2n) is 7.60. The maximum absolute atomic E-state index is 12.5. The van der Waals surface area contributed by atoms with Crippen LogP contribution in [-0.4, -0.2) is 24.2 Å². The molecule has 1 aromatic heterocycles. The van der Waals surface area contributed by atoms with Crippen molar-refractivity contribution in [3.63, 3.8) is 0 Å². The smallest absolute Gasteiger partial charge is 0.307 e. The highest BCUT2D eigenvalue weighted by atomic mass is 32.2. The minimum absolute atomic E-state index is 0.0273. The van der Waals surface area contributed by atoms with Crippen molar-refractivity contribution in [2.45, 2.75) is 69.7 Å². The molecule has 0 aliphatic heterocycles. The number of urea groups is 1. The van der Waals surface area contributed by atoms with E-state index in [2.05, 4.69) is 27.8 Å². The van der Waals surface area contributed by atoms with Crippen LogP contribution in [0.2, 0.25) is 0 Å². The molecule has 0 atom stereocenters. The van der Waals surface area contributed by atoms with Crippen LogP contribution in [0, 0.1) is 0 Å². The van der Waals surface area contributed by atoms with Crippen LogP contribution in [0.4, 0.5) is 4.79 Å². The summed E-state index contributed by atoms with van der Waals surface area (Å²) in [6, 6.07) is -0.745. The molecule has 1 heterocycles. The number of allylic oxidation sites excluding steroid dienone is 4. The quantitative estimate of drug-likeness (QED) is 0.795. The molecule has 1 fully saturated rings. The van der Waals surface area contributed by atoms with E-state index in [1.54, 1.807) is 0 Å². The van der Waals surface area contributed by atoms with Crippen LogP contribution in [0.15, 0.2) is 52.4 Å². The van der Waals surface area contributed by atoms with Crippen LogP contribution in [0.1, 0.15) is 64.8 Å². The highest BCUT2D eigenvalue weighted by molar-refractivity contribution is 7.90. The van der Waals surface area contributed by atoms with Gasteiger partial charge in [-0.2, -0.15) is 5.10 Å². The third-order valence-corrected chi connectivity index (χ3v) is 6.41. The van der Waals surface area contributed by atoms with E-state index in [1.165, 1.54) is 22.6 Å². The molecule has 0 unspecified atom stereocenters. The Morgan fingerprint density at radius 2 is 2.00 bits per heavy atom. The molecule has 8 heteroatoms. The fourth-order valence-electron chi connectivity index (χ4n) is 3.60. The van der Waals surface area contributed by atoms with Gasteiger partial charge in [-0.1, -0.05) is 12.7 Å². The van der Waals surface area contributed by atoms with Gasteiger partial charge >= 0.3 is 6.03 Å². The molecule has 1 aromatic rings. The van der Waals surface area contributed by atoms with Gasteiger partial charge in [-0.3, -0.25) is 4.68 Å². The van der Waals surface area contributed by atoms with Crippen molar-refractivity contribution in [2.75, 3.05) is 0 Å². The van der Waals surface area contributed by atoms with Gasteiger partial charge < -0.3 is 5.32 Å². The predicted molar refractivity (Wildman–Crippen MR) is 108 cm³/mol. The molecule has 0 saturated heterocycles.